The summed E-state index contributed by atoms with van der Waals surface area (Å²) in [5, 5.41) is 3.51. The Kier molecular flexibility index (Phi) is 4.89. The van der Waals surface area contributed by atoms with Gasteiger partial charge >= 0.3 is 0 Å². The van der Waals surface area contributed by atoms with Crippen LogP contribution in [0.1, 0.15) is 31.7 Å². The van der Waals surface area contributed by atoms with Gasteiger partial charge in [-0.2, -0.15) is 0 Å². The highest BCUT2D eigenvalue weighted by atomic mass is 32.2. The maximum atomic E-state index is 5.88. The molecule has 0 saturated heterocycles. The first-order chi connectivity index (χ1) is 8.72. The fourth-order valence-electron chi connectivity index (χ4n) is 2.16. The van der Waals surface area contributed by atoms with Gasteiger partial charge in [0.15, 0.2) is 0 Å². The first kappa shape index (κ1) is 13.7. The Morgan fingerprint density at radius 3 is 2.83 bits per heavy atom. The molecule has 0 heterocycles. The molecule has 1 saturated carbocycles. The van der Waals surface area contributed by atoms with Gasteiger partial charge in [-0.1, -0.05) is 31.6 Å². The molecule has 1 aliphatic rings. The monoisotopic (exact) mass is 280 g/mol. The van der Waals surface area contributed by atoms with Crippen molar-refractivity contribution in [3.8, 4) is 0 Å². The maximum absolute atomic E-state index is 5.88. The van der Waals surface area contributed by atoms with Crippen molar-refractivity contribution in [1.82, 2.24) is 0 Å². The van der Waals surface area contributed by atoms with Gasteiger partial charge in [0.25, 0.3) is 0 Å². The highest BCUT2D eigenvalue weighted by Gasteiger charge is 2.18. The highest BCUT2D eigenvalue weighted by Crippen LogP contribution is 2.30. The van der Waals surface area contributed by atoms with Crippen LogP contribution in [-0.2, 0) is 0 Å². The number of benzene rings is 1. The molecule has 2 nitrogen and oxygen atoms in total. The van der Waals surface area contributed by atoms with Crippen LogP contribution in [0.25, 0.3) is 0 Å². The summed E-state index contributed by atoms with van der Waals surface area (Å²) >= 11 is 6.99. The Morgan fingerprint density at radius 1 is 1.50 bits per heavy atom. The quantitative estimate of drug-likeness (QED) is 0.616. The minimum atomic E-state index is 0.489. The SMILES string of the molecule is CCSc1cccc(NCC2CCC2)c1C(N)=S. The minimum Gasteiger partial charge on any atom is -0.389 e. The van der Waals surface area contributed by atoms with Crippen molar-refractivity contribution in [3.05, 3.63) is 23.8 Å². The van der Waals surface area contributed by atoms with E-state index in [1.54, 1.807) is 11.8 Å². The second-order valence-electron chi connectivity index (χ2n) is 4.65. The van der Waals surface area contributed by atoms with E-state index in [0.29, 0.717) is 4.99 Å². The molecule has 0 unspecified atom stereocenters. The summed E-state index contributed by atoms with van der Waals surface area (Å²) in [6.07, 6.45) is 4.07. The van der Waals surface area contributed by atoms with Gasteiger partial charge in [0.05, 0.1) is 0 Å². The largest absolute Gasteiger partial charge is 0.389 e. The molecule has 0 radical (unpaired) electrons. The van der Waals surface area contributed by atoms with E-state index in [9.17, 15) is 0 Å². The molecule has 0 aromatic heterocycles. The lowest BCUT2D eigenvalue weighted by molar-refractivity contribution is 0.333. The predicted molar refractivity (Wildman–Crippen MR) is 84.6 cm³/mol. The maximum Gasteiger partial charge on any atom is 0.107 e. The van der Waals surface area contributed by atoms with Crippen LogP contribution in [-0.4, -0.2) is 17.3 Å². The minimum absolute atomic E-state index is 0.489. The van der Waals surface area contributed by atoms with E-state index < -0.39 is 0 Å². The van der Waals surface area contributed by atoms with Gasteiger partial charge in [0, 0.05) is 22.7 Å². The van der Waals surface area contributed by atoms with Crippen LogP contribution in [0.15, 0.2) is 23.1 Å². The molecule has 1 aromatic carbocycles. The fourth-order valence-corrected chi connectivity index (χ4v) is 3.29. The van der Waals surface area contributed by atoms with Crippen molar-refractivity contribution in [2.45, 2.75) is 31.1 Å². The molecule has 0 atom stereocenters. The molecule has 1 aliphatic carbocycles. The van der Waals surface area contributed by atoms with Crippen molar-refractivity contribution in [2.75, 3.05) is 17.6 Å². The first-order valence-electron chi connectivity index (χ1n) is 6.52. The Balaban J connectivity index is 2.15. The van der Waals surface area contributed by atoms with Crippen LogP contribution in [0, 0.1) is 5.92 Å². The number of thioether (sulfide) groups is 1. The molecular weight excluding hydrogens is 260 g/mol. The molecule has 98 valence electrons. The Hall–Kier alpha value is -0.740. The second kappa shape index (κ2) is 6.43. The highest BCUT2D eigenvalue weighted by molar-refractivity contribution is 7.99. The average Bonchev–Trinajstić information content (AvgIpc) is 2.27. The molecule has 4 heteroatoms. The van der Waals surface area contributed by atoms with E-state index in [1.807, 2.05) is 0 Å². The summed E-state index contributed by atoms with van der Waals surface area (Å²) in [5.41, 5.74) is 7.98. The summed E-state index contributed by atoms with van der Waals surface area (Å²) in [7, 11) is 0. The van der Waals surface area contributed by atoms with E-state index in [-0.39, 0.29) is 0 Å². The zero-order chi connectivity index (χ0) is 13.0. The van der Waals surface area contributed by atoms with Crippen LogP contribution < -0.4 is 11.1 Å². The fraction of sp³-hybridized carbons (Fsp3) is 0.500. The first-order valence-corrected chi connectivity index (χ1v) is 7.91. The van der Waals surface area contributed by atoms with Gasteiger partial charge in [0.1, 0.15) is 4.99 Å². The molecule has 18 heavy (non-hydrogen) atoms. The van der Waals surface area contributed by atoms with Crippen LogP contribution in [0.4, 0.5) is 5.69 Å². The number of anilines is 1. The van der Waals surface area contributed by atoms with Crippen LogP contribution in [0.2, 0.25) is 0 Å². The lowest BCUT2D eigenvalue weighted by atomic mass is 9.85. The van der Waals surface area contributed by atoms with E-state index >= 15 is 0 Å². The standard InChI is InChI=1S/C14H20N2S2/c1-2-18-12-8-4-7-11(13(12)14(15)17)16-9-10-5-3-6-10/h4,7-8,10,16H,2-3,5-6,9H2,1H3,(H2,15,17). The number of nitrogens with two attached hydrogens (primary N) is 1. The third-order valence-electron chi connectivity index (χ3n) is 3.38. The molecule has 0 bridgehead atoms. The van der Waals surface area contributed by atoms with Crippen LogP contribution >= 0.6 is 24.0 Å². The molecule has 1 aromatic rings. The van der Waals surface area contributed by atoms with Crippen molar-refractivity contribution in [2.24, 2.45) is 11.7 Å². The number of rotatable bonds is 6. The topological polar surface area (TPSA) is 38.0 Å². The van der Waals surface area contributed by atoms with E-state index in [2.05, 4.69) is 30.4 Å². The summed E-state index contributed by atoms with van der Waals surface area (Å²) in [6.45, 7) is 3.18. The van der Waals surface area contributed by atoms with E-state index in [1.165, 1.54) is 24.2 Å². The van der Waals surface area contributed by atoms with Crippen molar-refractivity contribution >= 4 is 34.7 Å². The summed E-state index contributed by atoms with van der Waals surface area (Å²) in [4.78, 5) is 1.67. The molecule has 3 N–H and O–H groups in total. The van der Waals surface area contributed by atoms with Gasteiger partial charge in [0.2, 0.25) is 0 Å². The van der Waals surface area contributed by atoms with Gasteiger partial charge in [-0.25, -0.2) is 0 Å². The van der Waals surface area contributed by atoms with E-state index in [4.69, 9.17) is 18.0 Å². The van der Waals surface area contributed by atoms with Gasteiger partial charge in [-0.05, 0) is 36.6 Å². The zero-order valence-electron chi connectivity index (χ0n) is 10.7. The Labute approximate surface area is 119 Å². The van der Waals surface area contributed by atoms with E-state index in [0.717, 1.165) is 29.5 Å². The van der Waals surface area contributed by atoms with Crippen molar-refractivity contribution in [1.29, 1.82) is 0 Å². The Morgan fingerprint density at radius 2 is 2.28 bits per heavy atom. The predicted octanol–water partition coefficient (Wildman–Crippen LogP) is 3.64. The smallest absolute Gasteiger partial charge is 0.107 e. The van der Waals surface area contributed by atoms with Crippen molar-refractivity contribution < 1.29 is 0 Å². The van der Waals surface area contributed by atoms with Crippen LogP contribution in [0.5, 0.6) is 0 Å². The summed E-state index contributed by atoms with van der Waals surface area (Å²) in [6, 6.07) is 6.24. The second-order valence-corrected chi connectivity index (χ2v) is 6.40. The number of nitrogens with one attached hydrogen (secondary N) is 1. The van der Waals surface area contributed by atoms with Crippen molar-refractivity contribution in [3.63, 3.8) is 0 Å². The average molecular weight is 280 g/mol. The number of thiocarbonyl (C=S) groups is 1. The molecule has 1 fully saturated rings. The Bertz CT molecular complexity index is 428. The number of hydrogen-bond donors (Lipinski definition) is 2. The lowest BCUT2D eigenvalue weighted by Crippen LogP contribution is -2.22. The molecule has 0 amide bonds. The molecule has 0 spiro atoms. The lowest BCUT2D eigenvalue weighted by Gasteiger charge is -2.26. The number of hydrogen-bond acceptors (Lipinski definition) is 3. The molecule has 2 rings (SSSR count). The third kappa shape index (κ3) is 3.18. The summed E-state index contributed by atoms with van der Waals surface area (Å²) in [5.74, 6) is 1.86. The third-order valence-corrected chi connectivity index (χ3v) is 4.52. The molecular formula is C14H20N2S2. The normalized spacial score (nSPS) is 15.2. The van der Waals surface area contributed by atoms with Gasteiger partial charge in [-0.3, -0.25) is 0 Å². The van der Waals surface area contributed by atoms with Gasteiger partial charge in [-0.15, -0.1) is 11.8 Å². The van der Waals surface area contributed by atoms with Gasteiger partial charge < -0.3 is 11.1 Å². The molecule has 0 aliphatic heterocycles. The van der Waals surface area contributed by atoms with Crippen LogP contribution in [0.3, 0.4) is 0 Å². The zero-order valence-corrected chi connectivity index (χ0v) is 12.4. The summed E-state index contributed by atoms with van der Waals surface area (Å²) < 4.78 is 0.